The molecule has 0 aliphatic rings. The van der Waals surface area contributed by atoms with E-state index in [0.717, 1.165) is 21.4 Å². The van der Waals surface area contributed by atoms with Crippen LogP contribution in [0.5, 0.6) is 0 Å². The molecule has 0 aliphatic heterocycles. The maximum Gasteiger partial charge on any atom is 0.238 e. The number of amides is 1. The first kappa shape index (κ1) is 14.7. The number of nitrogens with one attached hydrogen (secondary N) is 2. The van der Waals surface area contributed by atoms with Gasteiger partial charge >= 0.3 is 0 Å². The number of aromatic nitrogens is 2. The number of rotatable bonds is 5. The van der Waals surface area contributed by atoms with Gasteiger partial charge in [-0.2, -0.15) is 5.10 Å². The quantitative estimate of drug-likeness (QED) is 0.880. The highest BCUT2D eigenvalue weighted by atomic mass is 79.9. The Bertz CT molecular complexity index is 592. The van der Waals surface area contributed by atoms with E-state index in [1.165, 1.54) is 0 Å². The summed E-state index contributed by atoms with van der Waals surface area (Å²) < 4.78 is 2.81. The molecule has 2 N–H and O–H groups in total. The number of anilines is 1. The Kier molecular flexibility index (Phi) is 4.92. The van der Waals surface area contributed by atoms with E-state index in [9.17, 15) is 4.79 Å². The van der Waals surface area contributed by atoms with E-state index < -0.39 is 0 Å². The summed E-state index contributed by atoms with van der Waals surface area (Å²) in [6.07, 6.45) is 1.81. The number of aryl methyl sites for hydroxylation is 1. The van der Waals surface area contributed by atoms with Crippen molar-refractivity contribution in [3.63, 3.8) is 0 Å². The average Bonchev–Trinajstić information content (AvgIpc) is 2.73. The van der Waals surface area contributed by atoms with Gasteiger partial charge < -0.3 is 10.6 Å². The fourth-order valence-electron chi connectivity index (χ4n) is 1.77. The van der Waals surface area contributed by atoms with Crippen molar-refractivity contribution >= 4 is 27.5 Å². The Labute approximate surface area is 126 Å². The SMILES string of the molecule is Cc1c(CNCC(=O)Nc2ccc(Br)cc2)cnn1C. The molecule has 2 rings (SSSR count). The zero-order valence-electron chi connectivity index (χ0n) is 11.5. The summed E-state index contributed by atoms with van der Waals surface area (Å²) in [5.74, 6) is -0.0612. The van der Waals surface area contributed by atoms with Crippen molar-refractivity contribution in [1.29, 1.82) is 0 Å². The molecule has 2 aromatic rings. The zero-order chi connectivity index (χ0) is 14.5. The third kappa shape index (κ3) is 3.91. The maximum atomic E-state index is 11.8. The molecule has 20 heavy (non-hydrogen) atoms. The lowest BCUT2D eigenvalue weighted by molar-refractivity contribution is -0.115. The standard InChI is InChI=1S/C14H17BrN4O/c1-10-11(8-17-19(10)2)7-16-9-14(20)18-13-5-3-12(15)4-6-13/h3-6,8,16H,7,9H2,1-2H3,(H,18,20). The van der Waals surface area contributed by atoms with Crippen molar-refractivity contribution in [3.05, 3.63) is 46.2 Å². The molecule has 0 atom stereocenters. The van der Waals surface area contributed by atoms with Crippen LogP contribution in [0.1, 0.15) is 11.3 Å². The lowest BCUT2D eigenvalue weighted by Crippen LogP contribution is -2.27. The van der Waals surface area contributed by atoms with E-state index in [0.29, 0.717) is 6.54 Å². The smallest absolute Gasteiger partial charge is 0.238 e. The molecule has 0 radical (unpaired) electrons. The van der Waals surface area contributed by atoms with Gasteiger partial charge in [-0.15, -0.1) is 0 Å². The fourth-order valence-corrected chi connectivity index (χ4v) is 2.03. The third-order valence-electron chi connectivity index (χ3n) is 3.07. The molecule has 0 saturated heterocycles. The summed E-state index contributed by atoms with van der Waals surface area (Å²) >= 11 is 3.36. The second-order valence-corrected chi connectivity index (χ2v) is 5.45. The van der Waals surface area contributed by atoms with Gasteiger partial charge in [0.1, 0.15) is 0 Å². The molecule has 1 amide bonds. The highest BCUT2D eigenvalue weighted by Crippen LogP contribution is 2.13. The Morgan fingerprint density at radius 1 is 1.35 bits per heavy atom. The van der Waals surface area contributed by atoms with E-state index in [1.807, 2.05) is 49.1 Å². The van der Waals surface area contributed by atoms with Crippen molar-refractivity contribution in [2.45, 2.75) is 13.5 Å². The summed E-state index contributed by atoms with van der Waals surface area (Å²) in [5.41, 5.74) is 2.99. The zero-order valence-corrected chi connectivity index (χ0v) is 13.1. The van der Waals surface area contributed by atoms with E-state index in [1.54, 1.807) is 0 Å². The van der Waals surface area contributed by atoms with Crippen LogP contribution in [0.2, 0.25) is 0 Å². The Hall–Kier alpha value is -1.66. The number of hydrogen-bond donors (Lipinski definition) is 2. The number of carbonyl (C=O) groups excluding carboxylic acids is 1. The first-order chi connectivity index (χ1) is 9.56. The van der Waals surface area contributed by atoms with E-state index in [2.05, 4.69) is 31.7 Å². The van der Waals surface area contributed by atoms with Crippen LogP contribution in [0, 0.1) is 6.92 Å². The highest BCUT2D eigenvalue weighted by molar-refractivity contribution is 9.10. The largest absolute Gasteiger partial charge is 0.325 e. The molecular weight excluding hydrogens is 320 g/mol. The van der Waals surface area contributed by atoms with Crippen molar-refractivity contribution in [1.82, 2.24) is 15.1 Å². The van der Waals surface area contributed by atoms with Crippen LogP contribution in [0.4, 0.5) is 5.69 Å². The second-order valence-electron chi connectivity index (χ2n) is 4.54. The normalized spacial score (nSPS) is 10.6. The van der Waals surface area contributed by atoms with Gasteiger partial charge in [0.2, 0.25) is 5.91 Å². The summed E-state index contributed by atoms with van der Waals surface area (Å²) in [6.45, 7) is 2.91. The molecule has 106 valence electrons. The molecule has 0 fully saturated rings. The minimum atomic E-state index is -0.0612. The van der Waals surface area contributed by atoms with Gasteiger partial charge in [-0.05, 0) is 31.2 Å². The van der Waals surface area contributed by atoms with Crippen molar-refractivity contribution in [2.75, 3.05) is 11.9 Å². The average molecular weight is 337 g/mol. The van der Waals surface area contributed by atoms with Crippen LogP contribution in [0.15, 0.2) is 34.9 Å². The summed E-state index contributed by atoms with van der Waals surface area (Å²) in [6, 6.07) is 7.49. The minimum Gasteiger partial charge on any atom is -0.325 e. The number of nitrogens with zero attached hydrogens (tertiary/aromatic N) is 2. The lowest BCUT2D eigenvalue weighted by atomic mass is 10.2. The fraction of sp³-hybridized carbons (Fsp3) is 0.286. The second kappa shape index (κ2) is 6.67. The molecule has 1 heterocycles. The molecule has 0 unspecified atom stereocenters. The van der Waals surface area contributed by atoms with E-state index >= 15 is 0 Å². The van der Waals surface area contributed by atoms with Crippen LogP contribution in [-0.4, -0.2) is 22.2 Å². The van der Waals surface area contributed by atoms with Gasteiger partial charge in [-0.1, -0.05) is 15.9 Å². The molecule has 0 saturated carbocycles. The molecule has 5 nitrogen and oxygen atoms in total. The van der Waals surface area contributed by atoms with Crippen LogP contribution >= 0.6 is 15.9 Å². The van der Waals surface area contributed by atoms with Gasteiger partial charge in [0.15, 0.2) is 0 Å². The predicted octanol–water partition coefficient (Wildman–Crippen LogP) is 2.22. The van der Waals surface area contributed by atoms with E-state index in [-0.39, 0.29) is 12.5 Å². The summed E-state index contributed by atoms with van der Waals surface area (Å²) in [7, 11) is 1.90. The monoisotopic (exact) mass is 336 g/mol. The Morgan fingerprint density at radius 3 is 2.65 bits per heavy atom. The molecule has 6 heteroatoms. The lowest BCUT2D eigenvalue weighted by Gasteiger charge is -2.07. The first-order valence-electron chi connectivity index (χ1n) is 6.30. The van der Waals surface area contributed by atoms with Crippen LogP contribution in [0.3, 0.4) is 0 Å². The third-order valence-corrected chi connectivity index (χ3v) is 3.59. The first-order valence-corrected chi connectivity index (χ1v) is 7.09. The Balaban J connectivity index is 1.78. The van der Waals surface area contributed by atoms with Crippen LogP contribution in [0.25, 0.3) is 0 Å². The summed E-state index contributed by atoms with van der Waals surface area (Å²) in [5, 5.41) is 10.1. The van der Waals surface area contributed by atoms with Gasteiger partial charge in [-0.3, -0.25) is 9.48 Å². The number of carbonyl (C=O) groups is 1. The van der Waals surface area contributed by atoms with Crippen LogP contribution in [-0.2, 0) is 18.4 Å². The van der Waals surface area contributed by atoms with E-state index in [4.69, 9.17) is 0 Å². The predicted molar refractivity (Wildman–Crippen MR) is 82.4 cm³/mol. The molecule has 1 aromatic carbocycles. The maximum absolute atomic E-state index is 11.8. The molecule has 0 aliphatic carbocycles. The summed E-state index contributed by atoms with van der Waals surface area (Å²) in [4.78, 5) is 11.8. The van der Waals surface area contributed by atoms with Gasteiger partial charge in [-0.25, -0.2) is 0 Å². The van der Waals surface area contributed by atoms with Crippen molar-refractivity contribution < 1.29 is 4.79 Å². The number of hydrogen-bond acceptors (Lipinski definition) is 3. The highest BCUT2D eigenvalue weighted by Gasteiger charge is 2.05. The van der Waals surface area contributed by atoms with Crippen LogP contribution < -0.4 is 10.6 Å². The van der Waals surface area contributed by atoms with Gasteiger partial charge in [0.05, 0.1) is 12.7 Å². The molecule has 0 bridgehead atoms. The number of halogens is 1. The van der Waals surface area contributed by atoms with Gasteiger partial charge in [0.25, 0.3) is 0 Å². The topological polar surface area (TPSA) is 59.0 Å². The van der Waals surface area contributed by atoms with Crippen molar-refractivity contribution in [2.24, 2.45) is 7.05 Å². The molecule has 0 spiro atoms. The minimum absolute atomic E-state index is 0.0612. The Morgan fingerprint density at radius 2 is 2.05 bits per heavy atom. The van der Waals surface area contributed by atoms with Crippen molar-refractivity contribution in [3.8, 4) is 0 Å². The molecule has 1 aromatic heterocycles. The molecular formula is C14H17BrN4O. The number of benzene rings is 1. The van der Waals surface area contributed by atoms with Gasteiger partial charge in [0, 0.05) is 35.0 Å².